The molecule has 2 aromatic heterocycles. The van der Waals surface area contributed by atoms with Gasteiger partial charge in [0.05, 0.1) is 5.01 Å². The van der Waals surface area contributed by atoms with Gasteiger partial charge in [-0.25, -0.2) is 4.98 Å². The predicted octanol–water partition coefficient (Wildman–Crippen LogP) is 3.07. The van der Waals surface area contributed by atoms with Crippen LogP contribution in [-0.2, 0) is 27.8 Å². The lowest BCUT2D eigenvalue weighted by molar-refractivity contribution is -0.166. The summed E-state index contributed by atoms with van der Waals surface area (Å²) >= 11 is 1.61. The molecule has 0 amide bonds. The Kier molecular flexibility index (Phi) is 4.23. The summed E-state index contributed by atoms with van der Waals surface area (Å²) in [5.74, 6) is 0.765. The highest BCUT2D eigenvalue weighted by atomic mass is 32.1. The fourth-order valence-electron chi connectivity index (χ4n) is 2.57. The van der Waals surface area contributed by atoms with Crippen molar-refractivity contribution >= 4 is 17.3 Å². The minimum atomic E-state index is -0.726. The summed E-state index contributed by atoms with van der Waals surface area (Å²) in [6.45, 7) is 5.60. The van der Waals surface area contributed by atoms with Gasteiger partial charge in [0.25, 0.3) is 0 Å². The van der Waals surface area contributed by atoms with E-state index in [0.717, 1.165) is 17.8 Å². The number of aryl methyl sites for hydroxylation is 2. The van der Waals surface area contributed by atoms with E-state index in [1.807, 2.05) is 26.2 Å². The maximum absolute atomic E-state index is 12.6. The summed E-state index contributed by atoms with van der Waals surface area (Å²) in [5, 5.41) is 7.04. The van der Waals surface area contributed by atoms with Crippen molar-refractivity contribution in [2.45, 2.75) is 63.9 Å². The zero-order valence-corrected chi connectivity index (χ0v) is 14.5. The third-order valence-electron chi connectivity index (χ3n) is 3.93. The number of nitrogens with zero attached hydrogens (tertiary/aromatic N) is 3. The number of ether oxygens (including phenoxy) is 1. The van der Waals surface area contributed by atoms with Gasteiger partial charge in [0.15, 0.2) is 5.82 Å². The van der Waals surface area contributed by atoms with Crippen molar-refractivity contribution in [3.63, 3.8) is 0 Å². The lowest BCUT2D eigenvalue weighted by Crippen LogP contribution is -2.47. The van der Waals surface area contributed by atoms with E-state index in [1.54, 1.807) is 17.5 Å². The van der Waals surface area contributed by atoms with E-state index in [-0.39, 0.29) is 5.97 Å². The fraction of sp³-hybridized carbons (Fsp3) is 0.625. The molecule has 1 saturated carbocycles. The number of rotatable bonds is 5. The molecule has 1 aliphatic rings. The lowest BCUT2D eigenvalue weighted by atomic mass is 9.68. The van der Waals surface area contributed by atoms with Gasteiger partial charge in [-0.15, -0.1) is 11.3 Å². The monoisotopic (exact) mass is 335 g/mol. The molecule has 1 fully saturated rings. The van der Waals surface area contributed by atoms with Gasteiger partial charge >= 0.3 is 5.97 Å². The Morgan fingerprint density at radius 1 is 1.39 bits per heavy atom. The first-order valence-corrected chi connectivity index (χ1v) is 8.72. The van der Waals surface area contributed by atoms with Gasteiger partial charge in [-0.2, -0.15) is 4.98 Å². The van der Waals surface area contributed by atoms with Crippen LogP contribution in [0.1, 0.15) is 56.8 Å². The Balaban J connectivity index is 1.71. The van der Waals surface area contributed by atoms with Crippen molar-refractivity contribution in [1.82, 2.24) is 15.1 Å². The molecule has 0 saturated heterocycles. The van der Waals surface area contributed by atoms with Gasteiger partial charge in [0, 0.05) is 24.4 Å². The number of carbonyl (C=O) groups is 1. The van der Waals surface area contributed by atoms with Gasteiger partial charge in [0.2, 0.25) is 5.89 Å². The number of esters is 1. The molecule has 2 aromatic rings. The van der Waals surface area contributed by atoms with Gasteiger partial charge in [-0.1, -0.05) is 11.6 Å². The molecule has 3 rings (SSSR count). The highest BCUT2D eigenvalue weighted by molar-refractivity contribution is 7.09. The molecule has 124 valence electrons. The highest BCUT2D eigenvalue weighted by Crippen LogP contribution is 2.44. The van der Waals surface area contributed by atoms with Crippen LogP contribution in [0.25, 0.3) is 0 Å². The topological polar surface area (TPSA) is 78.1 Å². The molecule has 2 heterocycles. The lowest BCUT2D eigenvalue weighted by Gasteiger charge is -2.38. The molecule has 0 bridgehead atoms. The van der Waals surface area contributed by atoms with Crippen LogP contribution in [0.5, 0.6) is 0 Å². The first-order valence-electron chi connectivity index (χ1n) is 7.84. The summed E-state index contributed by atoms with van der Waals surface area (Å²) in [6, 6.07) is 0. The summed E-state index contributed by atoms with van der Waals surface area (Å²) in [5.41, 5.74) is -1.24. The zero-order valence-electron chi connectivity index (χ0n) is 13.7. The summed E-state index contributed by atoms with van der Waals surface area (Å²) in [4.78, 5) is 21.3. The van der Waals surface area contributed by atoms with E-state index in [4.69, 9.17) is 9.26 Å². The standard InChI is InChI=1S/C16H21N3O3S/c1-15(2,3)21-14(20)16(7-4-8-16)13-18-11(22-19-13)5-6-12-17-9-10-23-12/h9-10H,4-8H2,1-3H3. The largest absolute Gasteiger partial charge is 0.459 e. The molecule has 0 aromatic carbocycles. The molecule has 23 heavy (non-hydrogen) atoms. The Labute approximate surface area is 139 Å². The first-order chi connectivity index (χ1) is 10.9. The van der Waals surface area contributed by atoms with Crippen LogP contribution in [0.3, 0.4) is 0 Å². The van der Waals surface area contributed by atoms with Crippen molar-refractivity contribution in [2.75, 3.05) is 0 Å². The number of aromatic nitrogens is 3. The molecule has 7 heteroatoms. The summed E-state index contributed by atoms with van der Waals surface area (Å²) < 4.78 is 10.9. The molecule has 0 radical (unpaired) electrons. The Morgan fingerprint density at radius 3 is 2.74 bits per heavy atom. The Morgan fingerprint density at radius 2 is 2.17 bits per heavy atom. The van der Waals surface area contributed by atoms with Crippen LogP contribution in [-0.4, -0.2) is 26.7 Å². The quantitative estimate of drug-likeness (QED) is 0.781. The van der Waals surface area contributed by atoms with Crippen molar-refractivity contribution in [3.8, 4) is 0 Å². The van der Waals surface area contributed by atoms with Crippen LogP contribution >= 0.6 is 11.3 Å². The fourth-order valence-corrected chi connectivity index (χ4v) is 3.19. The third kappa shape index (κ3) is 3.44. The molecular formula is C16H21N3O3S. The van der Waals surface area contributed by atoms with Gasteiger partial charge in [-0.05, 0) is 33.6 Å². The SMILES string of the molecule is CC(C)(C)OC(=O)C1(c2noc(CCc3nccs3)n2)CCC1. The van der Waals surface area contributed by atoms with Crippen molar-refractivity contribution in [1.29, 1.82) is 0 Å². The van der Waals surface area contributed by atoms with E-state index in [0.29, 0.717) is 31.0 Å². The van der Waals surface area contributed by atoms with E-state index >= 15 is 0 Å². The van der Waals surface area contributed by atoms with Crippen molar-refractivity contribution in [2.24, 2.45) is 0 Å². The summed E-state index contributed by atoms with van der Waals surface area (Å²) in [6.07, 6.45) is 5.58. The van der Waals surface area contributed by atoms with Gasteiger partial charge < -0.3 is 9.26 Å². The third-order valence-corrected chi connectivity index (χ3v) is 4.77. The molecule has 0 unspecified atom stereocenters. The van der Waals surface area contributed by atoms with E-state index in [9.17, 15) is 4.79 Å². The van der Waals surface area contributed by atoms with Crippen molar-refractivity contribution < 1.29 is 14.1 Å². The number of hydrogen-bond donors (Lipinski definition) is 0. The average molecular weight is 335 g/mol. The van der Waals surface area contributed by atoms with Crippen LogP contribution < -0.4 is 0 Å². The minimum absolute atomic E-state index is 0.247. The molecule has 0 spiro atoms. The molecular weight excluding hydrogens is 314 g/mol. The van der Waals surface area contributed by atoms with Crippen molar-refractivity contribution in [3.05, 3.63) is 28.3 Å². The molecule has 6 nitrogen and oxygen atoms in total. The van der Waals surface area contributed by atoms with E-state index in [1.165, 1.54) is 0 Å². The smallest absolute Gasteiger partial charge is 0.320 e. The second kappa shape index (κ2) is 6.03. The number of carbonyl (C=O) groups excluding carboxylic acids is 1. The maximum atomic E-state index is 12.6. The predicted molar refractivity (Wildman–Crippen MR) is 85.2 cm³/mol. The maximum Gasteiger partial charge on any atom is 0.320 e. The first kappa shape index (κ1) is 16.1. The van der Waals surface area contributed by atoms with Crippen LogP contribution in [0, 0.1) is 0 Å². The second-order valence-electron chi connectivity index (χ2n) is 6.88. The number of thiazole rings is 1. The molecule has 0 atom stereocenters. The summed E-state index contributed by atoms with van der Waals surface area (Å²) in [7, 11) is 0. The minimum Gasteiger partial charge on any atom is -0.459 e. The number of hydrogen-bond acceptors (Lipinski definition) is 7. The van der Waals surface area contributed by atoms with Crippen LogP contribution in [0.2, 0.25) is 0 Å². The van der Waals surface area contributed by atoms with Gasteiger partial charge in [-0.3, -0.25) is 4.79 Å². The van der Waals surface area contributed by atoms with E-state index in [2.05, 4.69) is 15.1 Å². The molecule has 0 aliphatic heterocycles. The Hall–Kier alpha value is -1.76. The normalized spacial score (nSPS) is 16.8. The molecule has 1 aliphatic carbocycles. The average Bonchev–Trinajstić information content (AvgIpc) is 3.03. The molecule has 0 N–H and O–H groups in total. The van der Waals surface area contributed by atoms with Crippen LogP contribution in [0.4, 0.5) is 0 Å². The van der Waals surface area contributed by atoms with E-state index < -0.39 is 11.0 Å². The second-order valence-corrected chi connectivity index (χ2v) is 7.85. The zero-order chi connectivity index (χ0) is 16.5. The highest BCUT2D eigenvalue weighted by Gasteiger charge is 2.52. The van der Waals surface area contributed by atoms with Gasteiger partial charge in [0.1, 0.15) is 11.0 Å². The van der Waals surface area contributed by atoms with Crippen LogP contribution in [0.15, 0.2) is 16.1 Å². The Bertz CT molecular complexity index is 669.